The minimum atomic E-state index is -0.289. The largest absolute Gasteiger partial charge is 0.494 e. The van der Waals surface area contributed by atoms with Crippen LogP contribution < -0.4 is 25.6 Å². The Morgan fingerprint density at radius 1 is 1.08 bits per heavy atom. The van der Waals surface area contributed by atoms with E-state index in [-0.39, 0.29) is 5.91 Å². The Hall–Kier alpha value is -4.09. The summed E-state index contributed by atoms with van der Waals surface area (Å²) in [5, 5.41) is 10.8. The van der Waals surface area contributed by atoms with E-state index in [1.165, 1.54) is 11.5 Å². The highest BCUT2D eigenvalue weighted by Crippen LogP contribution is 2.39. The number of hydrogen-bond acceptors (Lipinski definition) is 8. The molecule has 1 aliphatic rings. The molecule has 0 bridgehead atoms. The average Bonchev–Trinajstić information content (AvgIpc) is 3.31. The number of halogens is 1. The molecule has 0 spiro atoms. The molecule has 1 saturated heterocycles. The zero-order valence-electron chi connectivity index (χ0n) is 22.2. The van der Waals surface area contributed by atoms with E-state index in [1.807, 2.05) is 31.4 Å². The summed E-state index contributed by atoms with van der Waals surface area (Å²) in [7, 11) is 5.74. The van der Waals surface area contributed by atoms with Crippen LogP contribution in [0.15, 0.2) is 65.9 Å². The van der Waals surface area contributed by atoms with Gasteiger partial charge >= 0.3 is 0 Å². The number of aromatic nitrogens is 3. The third-order valence-electron chi connectivity index (χ3n) is 6.75. The van der Waals surface area contributed by atoms with Crippen molar-refractivity contribution >= 4 is 67.3 Å². The molecule has 0 unspecified atom stereocenters. The molecule has 0 radical (unpaired) electrons. The number of fused-ring (bicyclic) bond motifs is 1. The molecule has 4 aromatic rings. The van der Waals surface area contributed by atoms with Crippen LogP contribution in [0.25, 0.3) is 10.9 Å². The van der Waals surface area contributed by atoms with E-state index >= 15 is 0 Å². The second-order valence-corrected chi connectivity index (χ2v) is 10.2. The number of rotatable bonds is 8. The van der Waals surface area contributed by atoms with Gasteiger partial charge in [0.25, 0.3) is 0 Å². The third-order valence-corrected chi connectivity index (χ3v) is 7.33. The molecular formula is C28H31BrN8O2. The molecule has 5 rings (SSSR count). The van der Waals surface area contributed by atoms with Crippen molar-refractivity contribution in [3.05, 3.63) is 65.9 Å². The molecule has 10 nitrogen and oxygen atoms in total. The predicted octanol–water partition coefficient (Wildman–Crippen LogP) is 5.10. The SMILES string of the molecule is C=CC(=O)Nc1cc(Nc2ncc(Br)c(Nc3ccc4ccn(C)c4c3)n2)c(OC)cc1N1CCN(C)CC1. The smallest absolute Gasteiger partial charge is 0.247 e. The van der Waals surface area contributed by atoms with E-state index in [1.54, 1.807) is 13.3 Å². The first kappa shape index (κ1) is 26.5. The number of aryl methyl sites for hydroxylation is 1. The number of anilines is 6. The minimum Gasteiger partial charge on any atom is -0.494 e. The van der Waals surface area contributed by atoms with Crippen LogP contribution >= 0.6 is 15.9 Å². The Morgan fingerprint density at radius 3 is 2.62 bits per heavy atom. The fraction of sp³-hybridized carbons (Fsp3) is 0.250. The van der Waals surface area contributed by atoms with Crippen molar-refractivity contribution in [3.8, 4) is 5.75 Å². The molecule has 3 heterocycles. The van der Waals surface area contributed by atoms with Crippen molar-refractivity contribution in [1.82, 2.24) is 19.4 Å². The number of methoxy groups -OCH3 is 1. The van der Waals surface area contributed by atoms with Crippen LogP contribution in [0, 0.1) is 0 Å². The standard InChI is InChI=1S/C28H31BrN8O2/c1-5-26(38)32-21-15-22(25(39-4)16-24(21)37-12-10-35(2)11-13-37)33-28-30-17-20(29)27(34-28)31-19-7-6-18-8-9-36(3)23(18)14-19/h5-9,14-17H,1,10-13H2,2-4H3,(H,32,38)(H2,30,31,33,34). The molecule has 0 aliphatic carbocycles. The molecule has 3 N–H and O–H groups in total. The molecule has 1 fully saturated rings. The summed E-state index contributed by atoms with van der Waals surface area (Å²) in [4.78, 5) is 25.9. The molecule has 1 amide bonds. The maximum absolute atomic E-state index is 12.3. The number of ether oxygens (including phenoxy) is 1. The number of carbonyl (C=O) groups is 1. The van der Waals surface area contributed by atoms with Gasteiger partial charge in [-0.3, -0.25) is 4.79 Å². The van der Waals surface area contributed by atoms with Crippen molar-refractivity contribution in [2.45, 2.75) is 0 Å². The van der Waals surface area contributed by atoms with Gasteiger partial charge < -0.3 is 35.1 Å². The van der Waals surface area contributed by atoms with Crippen molar-refractivity contribution in [1.29, 1.82) is 0 Å². The van der Waals surface area contributed by atoms with Gasteiger partial charge in [0.15, 0.2) is 0 Å². The second kappa shape index (κ2) is 11.3. The average molecular weight is 592 g/mol. The van der Waals surface area contributed by atoms with Crippen LogP contribution in [-0.4, -0.2) is 65.7 Å². The van der Waals surface area contributed by atoms with Gasteiger partial charge in [-0.25, -0.2) is 4.98 Å². The summed E-state index contributed by atoms with van der Waals surface area (Å²) < 4.78 is 8.53. The number of amides is 1. The topological polar surface area (TPSA) is 99.6 Å². The van der Waals surface area contributed by atoms with Gasteiger partial charge in [0, 0.05) is 62.9 Å². The number of piperazine rings is 1. The van der Waals surface area contributed by atoms with Crippen molar-refractivity contribution in [2.75, 3.05) is 61.2 Å². The maximum atomic E-state index is 12.3. The molecule has 39 heavy (non-hydrogen) atoms. The van der Waals surface area contributed by atoms with Crippen LogP contribution in [0.4, 0.5) is 34.5 Å². The number of likely N-dealkylation sites (N-methyl/N-ethyl adjacent to an activating group) is 1. The lowest BCUT2D eigenvalue weighted by Gasteiger charge is -2.35. The van der Waals surface area contributed by atoms with Crippen LogP contribution in [0.3, 0.4) is 0 Å². The number of hydrogen-bond donors (Lipinski definition) is 3. The van der Waals surface area contributed by atoms with E-state index in [0.717, 1.165) is 47.5 Å². The Morgan fingerprint density at radius 2 is 1.87 bits per heavy atom. The lowest BCUT2D eigenvalue weighted by Crippen LogP contribution is -2.44. The summed E-state index contributed by atoms with van der Waals surface area (Å²) in [5.74, 6) is 1.29. The summed E-state index contributed by atoms with van der Waals surface area (Å²) in [5.41, 5.74) is 4.17. The lowest BCUT2D eigenvalue weighted by molar-refractivity contribution is -0.111. The van der Waals surface area contributed by atoms with Crippen LogP contribution in [-0.2, 0) is 11.8 Å². The summed E-state index contributed by atoms with van der Waals surface area (Å²) >= 11 is 3.55. The van der Waals surface area contributed by atoms with Gasteiger partial charge in [0.05, 0.1) is 28.6 Å². The second-order valence-electron chi connectivity index (χ2n) is 9.39. The van der Waals surface area contributed by atoms with E-state index in [9.17, 15) is 4.79 Å². The number of carbonyl (C=O) groups excluding carboxylic acids is 1. The van der Waals surface area contributed by atoms with Crippen LogP contribution in [0.5, 0.6) is 5.75 Å². The molecule has 1 aliphatic heterocycles. The first-order valence-corrected chi connectivity index (χ1v) is 13.3. The van der Waals surface area contributed by atoms with Gasteiger partial charge in [-0.2, -0.15) is 4.98 Å². The highest BCUT2D eigenvalue weighted by molar-refractivity contribution is 9.10. The Bertz CT molecular complexity index is 1530. The monoisotopic (exact) mass is 590 g/mol. The summed E-state index contributed by atoms with van der Waals surface area (Å²) in [6.07, 6.45) is 4.98. The predicted molar refractivity (Wildman–Crippen MR) is 161 cm³/mol. The first-order valence-electron chi connectivity index (χ1n) is 12.5. The third kappa shape index (κ3) is 5.84. The van der Waals surface area contributed by atoms with Gasteiger partial charge in [0.2, 0.25) is 11.9 Å². The normalized spacial score (nSPS) is 13.8. The fourth-order valence-electron chi connectivity index (χ4n) is 4.54. The van der Waals surface area contributed by atoms with Crippen LogP contribution in [0.1, 0.15) is 0 Å². The summed E-state index contributed by atoms with van der Waals surface area (Å²) in [6.45, 7) is 7.12. The summed E-state index contributed by atoms with van der Waals surface area (Å²) in [6, 6.07) is 12.0. The van der Waals surface area contributed by atoms with Gasteiger partial charge in [-0.15, -0.1) is 0 Å². The Balaban J connectivity index is 1.45. The van der Waals surface area contributed by atoms with Crippen LogP contribution in [0.2, 0.25) is 0 Å². The molecule has 11 heteroatoms. The molecule has 202 valence electrons. The molecule has 0 saturated carbocycles. The van der Waals surface area contributed by atoms with Crippen molar-refractivity contribution < 1.29 is 9.53 Å². The van der Waals surface area contributed by atoms with Gasteiger partial charge in [-0.05, 0) is 58.7 Å². The zero-order valence-corrected chi connectivity index (χ0v) is 23.7. The Labute approximate surface area is 235 Å². The van der Waals surface area contributed by atoms with E-state index in [0.29, 0.717) is 28.9 Å². The van der Waals surface area contributed by atoms with Crippen molar-refractivity contribution in [2.24, 2.45) is 7.05 Å². The van der Waals surface area contributed by atoms with E-state index in [4.69, 9.17) is 9.72 Å². The van der Waals surface area contributed by atoms with E-state index in [2.05, 4.69) is 83.1 Å². The van der Waals surface area contributed by atoms with Gasteiger partial charge in [0.1, 0.15) is 11.6 Å². The number of benzene rings is 2. The number of nitrogens with one attached hydrogen (secondary N) is 3. The molecule has 0 atom stereocenters. The quantitative estimate of drug-likeness (QED) is 0.244. The maximum Gasteiger partial charge on any atom is 0.247 e. The minimum absolute atomic E-state index is 0.289. The van der Waals surface area contributed by atoms with Crippen molar-refractivity contribution in [3.63, 3.8) is 0 Å². The zero-order chi connectivity index (χ0) is 27.5. The Kier molecular flexibility index (Phi) is 7.71. The van der Waals surface area contributed by atoms with E-state index < -0.39 is 0 Å². The molecule has 2 aromatic carbocycles. The lowest BCUT2D eigenvalue weighted by atomic mass is 10.1. The highest BCUT2D eigenvalue weighted by Gasteiger charge is 2.21. The molecule has 2 aromatic heterocycles. The highest BCUT2D eigenvalue weighted by atomic mass is 79.9. The molecular weight excluding hydrogens is 560 g/mol. The van der Waals surface area contributed by atoms with Gasteiger partial charge in [-0.1, -0.05) is 12.6 Å². The number of nitrogens with zero attached hydrogens (tertiary/aromatic N) is 5. The first-order chi connectivity index (χ1) is 18.8. The fourth-order valence-corrected chi connectivity index (χ4v) is 4.83.